The lowest BCUT2D eigenvalue weighted by Crippen LogP contribution is -2.05. The number of hydrogen-bond acceptors (Lipinski definition) is 2. The van der Waals surface area contributed by atoms with E-state index in [-0.39, 0.29) is 5.78 Å². The predicted octanol–water partition coefficient (Wildman–Crippen LogP) is 4.69. The number of carbonyl (C=O) groups excluding carboxylic acids is 1. The van der Waals surface area contributed by atoms with Gasteiger partial charge in [0, 0.05) is 23.0 Å². The van der Waals surface area contributed by atoms with Gasteiger partial charge in [0.15, 0.2) is 5.78 Å². The quantitative estimate of drug-likeness (QED) is 0.635. The van der Waals surface area contributed by atoms with Gasteiger partial charge in [-0.05, 0) is 49.2 Å². The van der Waals surface area contributed by atoms with Crippen LogP contribution in [-0.4, -0.2) is 15.3 Å². The molecular weight excluding hydrogens is 340 g/mol. The summed E-state index contributed by atoms with van der Waals surface area (Å²) in [5, 5.41) is 0. The van der Waals surface area contributed by atoms with E-state index in [1.165, 1.54) is 11.1 Å². The number of imidazole rings is 1. The maximum absolute atomic E-state index is 12.3. The first-order valence-corrected chi connectivity index (χ1v) is 8.05. The second-order valence-electron chi connectivity index (χ2n) is 5.54. The highest BCUT2D eigenvalue weighted by Gasteiger charge is 2.09. The van der Waals surface area contributed by atoms with Crippen LogP contribution in [0.5, 0.6) is 0 Å². The summed E-state index contributed by atoms with van der Waals surface area (Å²) >= 11 is 3.38. The minimum absolute atomic E-state index is 0.151. The van der Waals surface area contributed by atoms with Gasteiger partial charge < -0.3 is 4.57 Å². The molecule has 3 aromatic rings. The highest BCUT2D eigenvalue weighted by molar-refractivity contribution is 9.10. The van der Waals surface area contributed by atoms with Crippen LogP contribution in [0.1, 0.15) is 27.9 Å². The molecule has 0 radical (unpaired) electrons. The van der Waals surface area contributed by atoms with Crippen molar-refractivity contribution in [2.24, 2.45) is 0 Å². The summed E-state index contributed by atoms with van der Waals surface area (Å²) in [5.74, 6) is 0.151. The number of benzene rings is 2. The molecule has 4 heteroatoms. The van der Waals surface area contributed by atoms with E-state index in [1.807, 2.05) is 30.6 Å². The molecule has 112 valence electrons. The Labute approximate surface area is 138 Å². The number of halogens is 1. The first kappa shape index (κ1) is 15.0. The summed E-state index contributed by atoms with van der Waals surface area (Å²) < 4.78 is 3.04. The largest absolute Gasteiger partial charge is 0.330 e. The normalized spacial score (nSPS) is 11.0. The maximum Gasteiger partial charge on any atom is 0.164 e. The molecule has 0 amide bonds. The summed E-state index contributed by atoms with van der Waals surface area (Å²) in [6, 6.07) is 11.7. The molecule has 0 N–H and O–H groups in total. The molecule has 0 saturated carbocycles. The van der Waals surface area contributed by atoms with Gasteiger partial charge in [0.05, 0.1) is 17.4 Å². The molecule has 0 spiro atoms. The lowest BCUT2D eigenvalue weighted by atomic mass is 10.1. The lowest BCUT2D eigenvalue weighted by Gasteiger charge is -2.06. The molecule has 0 atom stereocenters. The van der Waals surface area contributed by atoms with E-state index in [2.05, 4.69) is 51.5 Å². The molecule has 0 unspecified atom stereocenters. The Morgan fingerprint density at radius 1 is 1.14 bits per heavy atom. The van der Waals surface area contributed by atoms with Crippen molar-refractivity contribution in [1.82, 2.24) is 9.55 Å². The van der Waals surface area contributed by atoms with Crippen LogP contribution in [0.15, 0.2) is 47.2 Å². The van der Waals surface area contributed by atoms with E-state index in [4.69, 9.17) is 0 Å². The van der Waals surface area contributed by atoms with Gasteiger partial charge >= 0.3 is 0 Å². The Morgan fingerprint density at radius 3 is 2.55 bits per heavy atom. The molecule has 0 aliphatic rings. The lowest BCUT2D eigenvalue weighted by molar-refractivity contribution is 0.0977. The standard InChI is InChI=1S/C18H17BrN2O/c1-12-9-16-17(10-13(12)2)21(11-20-16)8-7-18(22)14-3-5-15(19)6-4-14/h3-6,9-11H,7-8H2,1-2H3. The van der Waals surface area contributed by atoms with Gasteiger partial charge in [-0.2, -0.15) is 0 Å². The number of aryl methyl sites for hydroxylation is 3. The smallest absolute Gasteiger partial charge is 0.164 e. The van der Waals surface area contributed by atoms with Crippen molar-refractivity contribution in [2.75, 3.05) is 0 Å². The molecule has 2 aromatic carbocycles. The van der Waals surface area contributed by atoms with Crippen LogP contribution >= 0.6 is 15.9 Å². The first-order valence-electron chi connectivity index (χ1n) is 7.25. The minimum Gasteiger partial charge on any atom is -0.330 e. The molecule has 3 rings (SSSR count). The van der Waals surface area contributed by atoms with E-state index in [0.717, 1.165) is 21.1 Å². The monoisotopic (exact) mass is 356 g/mol. The molecule has 0 aliphatic carbocycles. The summed E-state index contributed by atoms with van der Waals surface area (Å²) in [7, 11) is 0. The highest BCUT2D eigenvalue weighted by atomic mass is 79.9. The molecule has 0 saturated heterocycles. The molecule has 1 heterocycles. The van der Waals surface area contributed by atoms with Crippen molar-refractivity contribution in [3.05, 3.63) is 63.9 Å². The van der Waals surface area contributed by atoms with E-state index >= 15 is 0 Å². The molecule has 0 bridgehead atoms. The van der Waals surface area contributed by atoms with Gasteiger partial charge in [0.2, 0.25) is 0 Å². The fourth-order valence-corrected chi connectivity index (χ4v) is 2.76. The van der Waals surface area contributed by atoms with Crippen molar-refractivity contribution >= 4 is 32.7 Å². The number of ketones is 1. The number of Topliss-reactive ketones (excluding diaryl/α,β-unsaturated/α-hetero) is 1. The molecule has 0 aliphatic heterocycles. The fraction of sp³-hybridized carbons (Fsp3) is 0.222. The van der Waals surface area contributed by atoms with Gasteiger partial charge in [0.1, 0.15) is 0 Å². The number of rotatable bonds is 4. The Bertz CT molecular complexity index is 834. The van der Waals surface area contributed by atoms with Crippen LogP contribution in [-0.2, 0) is 6.54 Å². The van der Waals surface area contributed by atoms with Crippen molar-refractivity contribution < 1.29 is 4.79 Å². The van der Waals surface area contributed by atoms with E-state index in [9.17, 15) is 4.79 Å². The zero-order valence-corrected chi connectivity index (χ0v) is 14.2. The van der Waals surface area contributed by atoms with Crippen molar-refractivity contribution in [2.45, 2.75) is 26.8 Å². The number of aromatic nitrogens is 2. The first-order chi connectivity index (χ1) is 10.5. The van der Waals surface area contributed by atoms with Gasteiger partial charge in [-0.25, -0.2) is 4.98 Å². The third kappa shape index (κ3) is 2.97. The highest BCUT2D eigenvalue weighted by Crippen LogP contribution is 2.19. The van der Waals surface area contributed by atoms with Gasteiger partial charge in [-0.15, -0.1) is 0 Å². The number of hydrogen-bond donors (Lipinski definition) is 0. The predicted molar refractivity (Wildman–Crippen MR) is 92.3 cm³/mol. The van der Waals surface area contributed by atoms with Crippen LogP contribution in [0.25, 0.3) is 11.0 Å². The summed E-state index contributed by atoms with van der Waals surface area (Å²) in [6.07, 6.45) is 2.29. The summed E-state index contributed by atoms with van der Waals surface area (Å²) in [6.45, 7) is 4.83. The Morgan fingerprint density at radius 2 is 1.82 bits per heavy atom. The van der Waals surface area contributed by atoms with Crippen LogP contribution in [0.2, 0.25) is 0 Å². The molecule has 3 nitrogen and oxygen atoms in total. The molecule has 22 heavy (non-hydrogen) atoms. The number of fused-ring (bicyclic) bond motifs is 1. The average molecular weight is 357 g/mol. The van der Waals surface area contributed by atoms with Gasteiger partial charge in [0.25, 0.3) is 0 Å². The van der Waals surface area contributed by atoms with Gasteiger partial charge in [-0.1, -0.05) is 28.1 Å². The van der Waals surface area contributed by atoms with Gasteiger partial charge in [-0.3, -0.25) is 4.79 Å². The van der Waals surface area contributed by atoms with Crippen LogP contribution in [0, 0.1) is 13.8 Å². The topological polar surface area (TPSA) is 34.9 Å². The molecule has 1 aromatic heterocycles. The van der Waals surface area contributed by atoms with Crippen LogP contribution < -0.4 is 0 Å². The van der Waals surface area contributed by atoms with E-state index in [1.54, 1.807) is 0 Å². The SMILES string of the molecule is Cc1cc2ncn(CCC(=O)c3ccc(Br)cc3)c2cc1C. The molecular formula is C18H17BrN2O. The van der Waals surface area contributed by atoms with E-state index in [0.29, 0.717) is 13.0 Å². The second-order valence-corrected chi connectivity index (χ2v) is 6.46. The number of nitrogens with zero attached hydrogens (tertiary/aromatic N) is 2. The van der Waals surface area contributed by atoms with Crippen molar-refractivity contribution in [3.63, 3.8) is 0 Å². The second kappa shape index (κ2) is 6.05. The average Bonchev–Trinajstić information content (AvgIpc) is 2.88. The zero-order chi connectivity index (χ0) is 15.7. The Balaban J connectivity index is 1.78. The summed E-state index contributed by atoms with van der Waals surface area (Å²) in [4.78, 5) is 16.7. The Kier molecular flexibility index (Phi) is 4.12. The van der Waals surface area contributed by atoms with E-state index < -0.39 is 0 Å². The maximum atomic E-state index is 12.3. The van der Waals surface area contributed by atoms with Crippen LogP contribution in [0.3, 0.4) is 0 Å². The summed E-state index contributed by atoms with van der Waals surface area (Å²) in [5.41, 5.74) is 5.31. The fourth-order valence-electron chi connectivity index (χ4n) is 2.49. The number of carbonyl (C=O) groups is 1. The van der Waals surface area contributed by atoms with Crippen molar-refractivity contribution in [1.29, 1.82) is 0 Å². The van der Waals surface area contributed by atoms with Crippen LogP contribution in [0.4, 0.5) is 0 Å². The third-order valence-electron chi connectivity index (χ3n) is 3.98. The molecule has 0 fully saturated rings. The van der Waals surface area contributed by atoms with Crippen molar-refractivity contribution in [3.8, 4) is 0 Å². The zero-order valence-electron chi connectivity index (χ0n) is 12.6. The third-order valence-corrected chi connectivity index (χ3v) is 4.51. The Hall–Kier alpha value is -1.94. The minimum atomic E-state index is 0.151.